The van der Waals surface area contributed by atoms with Crippen molar-refractivity contribution in [2.45, 2.75) is 51.6 Å². The van der Waals surface area contributed by atoms with Crippen LogP contribution in [-0.2, 0) is 4.79 Å². The van der Waals surface area contributed by atoms with Gasteiger partial charge in [0.2, 0.25) is 5.91 Å². The predicted molar refractivity (Wildman–Crippen MR) is 82.6 cm³/mol. The fourth-order valence-corrected chi connectivity index (χ4v) is 1.94. The third kappa shape index (κ3) is 5.62. The Morgan fingerprint density at radius 1 is 1.26 bits per heavy atom. The molecule has 0 saturated heterocycles. The zero-order chi connectivity index (χ0) is 13.5. The summed E-state index contributed by atoms with van der Waals surface area (Å²) in [7, 11) is 0. The lowest BCUT2D eigenvalue weighted by atomic mass is 9.94. The molecule has 0 aliphatic carbocycles. The topological polar surface area (TPSA) is 55.1 Å². The van der Waals surface area contributed by atoms with E-state index < -0.39 is 0 Å². The van der Waals surface area contributed by atoms with Crippen molar-refractivity contribution in [3.05, 3.63) is 35.9 Å². The van der Waals surface area contributed by atoms with Crippen molar-refractivity contribution in [3.63, 3.8) is 0 Å². The van der Waals surface area contributed by atoms with Gasteiger partial charge in [-0.25, -0.2) is 0 Å². The quantitative estimate of drug-likeness (QED) is 0.844. The van der Waals surface area contributed by atoms with Crippen LogP contribution in [0.15, 0.2) is 30.3 Å². The fraction of sp³-hybridized carbons (Fsp3) is 0.533. The highest BCUT2D eigenvalue weighted by atomic mass is 35.5. The number of amides is 1. The molecule has 0 bridgehead atoms. The SMILES string of the molecule is CCCC(N)C(=O)NC(C)C(C)c1ccccc1.Cl. The standard InChI is InChI=1S/C15H24N2O.ClH/c1-4-8-14(16)15(18)17-12(3)11(2)13-9-6-5-7-10-13;/h5-7,9-12,14H,4,8,16H2,1-3H3,(H,17,18);1H. The van der Waals surface area contributed by atoms with Gasteiger partial charge in [-0.15, -0.1) is 12.4 Å². The van der Waals surface area contributed by atoms with Gasteiger partial charge in [0, 0.05) is 12.0 Å². The van der Waals surface area contributed by atoms with Crippen molar-refractivity contribution in [2.75, 3.05) is 0 Å². The number of benzene rings is 1. The summed E-state index contributed by atoms with van der Waals surface area (Å²) in [6.07, 6.45) is 1.66. The Hall–Kier alpha value is -1.06. The number of hydrogen-bond donors (Lipinski definition) is 2. The van der Waals surface area contributed by atoms with Crippen LogP contribution in [-0.4, -0.2) is 18.0 Å². The van der Waals surface area contributed by atoms with E-state index in [0.29, 0.717) is 0 Å². The summed E-state index contributed by atoms with van der Waals surface area (Å²) in [5.41, 5.74) is 7.03. The highest BCUT2D eigenvalue weighted by molar-refractivity contribution is 5.85. The molecule has 0 heterocycles. The molecule has 4 heteroatoms. The smallest absolute Gasteiger partial charge is 0.237 e. The van der Waals surface area contributed by atoms with Gasteiger partial charge in [-0.2, -0.15) is 0 Å². The number of rotatable bonds is 6. The Morgan fingerprint density at radius 2 is 1.84 bits per heavy atom. The van der Waals surface area contributed by atoms with Crippen LogP contribution < -0.4 is 11.1 Å². The van der Waals surface area contributed by atoms with Crippen molar-refractivity contribution >= 4 is 18.3 Å². The Bertz CT molecular complexity index is 370. The van der Waals surface area contributed by atoms with E-state index in [1.54, 1.807) is 0 Å². The lowest BCUT2D eigenvalue weighted by molar-refractivity contribution is -0.123. The molecule has 1 aromatic rings. The summed E-state index contributed by atoms with van der Waals surface area (Å²) >= 11 is 0. The summed E-state index contributed by atoms with van der Waals surface area (Å²) in [4.78, 5) is 11.8. The van der Waals surface area contributed by atoms with Crippen LogP contribution in [0.4, 0.5) is 0 Å². The maximum atomic E-state index is 11.8. The summed E-state index contributed by atoms with van der Waals surface area (Å²) in [6, 6.07) is 9.89. The van der Waals surface area contributed by atoms with E-state index in [2.05, 4.69) is 24.4 Å². The molecule has 19 heavy (non-hydrogen) atoms. The molecule has 0 aromatic heterocycles. The van der Waals surface area contributed by atoms with Gasteiger partial charge in [0.1, 0.15) is 0 Å². The van der Waals surface area contributed by atoms with Gasteiger partial charge in [-0.05, 0) is 18.9 Å². The average molecular weight is 285 g/mol. The molecule has 3 N–H and O–H groups in total. The molecule has 0 spiro atoms. The van der Waals surface area contributed by atoms with Crippen LogP contribution in [0.1, 0.15) is 45.1 Å². The van der Waals surface area contributed by atoms with E-state index in [0.717, 1.165) is 12.8 Å². The van der Waals surface area contributed by atoms with Crippen LogP contribution in [0.5, 0.6) is 0 Å². The highest BCUT2D eigenvalue weighted by Gasteiger charge is 2.19. The number of nitrogens with two attached hydrogens (primary N) is 1. The second kappa shape index (κ2) is 8.94. The molecule has 0 aliphatic heterocycles. The van der Waals surface area contributed by atoms with Gasteiger partial charge >= 0.3 is 0 Å². The van der Waals surface area contributed by atoms with Crippen LogP contribution in [0.2, 0.25) is 0 Å². The molecule has 0 aliphatic rings. The van der Waals surface area contributed by atoms with Crippen molar-refractivity contribution < 1.29 is 4.79 Å². The number of hydrogen-bond acceptors (Lipinski definition) is 2. The summed E-state index contributed by atoms with van der Waals surface area (Å²) < 4.78 is 0. The van der Waals surface area contributed by atoms with Crippen LogP contribution >= 0.6 is 12.4 Å². The van der Waals surface area contributed by atoms with E-state index >= 15 is 0 Å². The molecule has 3 atom stereocenters. The number of nitrogens with one attached hydrogen (secondary N) is 1. The molecule has 108 valence electrons. The lowest BCUT2D eigenvalue weighted by Gasteiger charge is -2.23. The first kappa shape index (κ1) is 17.9. The van der Waals surface area contributed by atoms with E-state index in [1.165, 1.54) is 5.56 Å². The van der Waals surface area contributed by atoms with E-state index in [1.807, 2.05) is 32.0 Å². The molecule has 1 rings (SSSR count). The molecule has 3 nitrogen and oxygen atoms in total. The summed E-state index contributed by atoms with van der Waals surface area (Å²) in [5, 5.41) is 3.00. The van der Waals surface area contributed by atoms with E-state index in [-0.39, 0.29) is 36.3 Å². The van der Waals surface area contributed by atoms with Crippen molar-refractivity contribution in [1.29, 1.82) is 0 Å². The van der Waals surface area contributed by atoms with Crippen LogP contribution in [0, 0.1) is 0 Å². The largest absolute Gasteiger partial charge is 0.352 e. The Morgan fingerprint density at radius 3 is 2.37 bits per heavy atom. The fourth-order valence-electron chi connectivity index (χ4n) is 1.94. The van der Waals surface area contributed by atoms with Crippen molar-refractivity contribution in [2.24, 2.45) is 5.73 Å². The third-order valence-electron chi connectivity index (χ3n) is 3.38. The van der Waals surface area contributed by atoms with Gasteiger partial charge in [-0.1, -0.05) is 50.6 Å². The van der Waals surface area contributed by atoms with E-state index in [4.69, 9.17) is 5.73 Å². The first-order valence-corrected chi connectivity index (χ1v) is 6.67. The molecular formula is C15H25ClN2O. The number of carbonyl (C=O) groups excluding carboxylic acids is 1. The maximum absolute atomic E-state index is 11.8. The average Bonchev–Trinajstić information content (AvgIpc) is 2.39. The van der Waals surface area contributed by atoms with Crippen molar-refractivity contribution in [1.82, 2.24) is 5.32 Å². The Labute approximate surface area is 122 Å². The molecular weight excluding hydrogens is 260 g/mol. The normalized spacial score (nSPS) is 14.9. The summed E-state index contributed by atoms with van der Waals surface area (Å²) in [5.74, 6) is 0.233. The van der Waals surface area contributed by atoms with Gasteiger partial charge in [0.25, 0.3) is 0 Å². The van der Waals surface area contributed by atoms with Crippen LogP contribution in [0.25, 0.3) is 0 Å². The minimum Gasteiger partial charge on any atom is -0.352 e. The van der Waals surface area contributed by atoms with Gasteiger partial charge in [0.15, 0.2) is 0 Å². The first-order valence-electron chi connectivity index (χ1n) is 6.67. The Balaban J connectivity index is 0.00000324. The summed E-state index contributed by atoms with van der Waals surface area (Å²) in [6.45, 7) is 6.17. The monoisotopic (exact) mass is 284 g/mol. The zero-order valence-corrected chi connectivity index (χ0v) is 12.7. The molecule has 0 fully saturated rings. The zero-order valence-electron chi connectivity index (χ0n) is 11.9. The minimum atomic E-state index is -0.388. The second-order valence-electron chi connectivity index (χ2n) is 4.89. The predicted octanol–water partition coefficient (Wildman–Crippen LogP) is 2.84. The van der Waals surface area contributed by atoms with Gasteiger partial charge < -0.3 is 11.1 Å². The van der Waals surface area contributed by atoms with Crippen molar-refractivity contribution in [3.8, 4) is 0 Å². The number of halogens is 1. The highest BCUT2D eigenvalue weighted by Crippen LogP contribution is 2.18. The molecule has 0 radical (unpaired) electrons. The van der Waals surface area contributed by atoms with Crippen LogP contribution in [0.3, 0.4) is 0 Å². The third-order valence-corrected chi connectivity index (χ3v) is 3.38. The molecule has 0 saturated carbocycles. The number of carbonyl (C=O) groups is 1. The molecule has 3 unspecified atom stereocenters. The Kier molecular flexibility index (Phi) is 8.44. The molecule has 1 amide bonds. The second-order valence-corrected chi connectivity index (χ2v) is 4.89. The lowest BCUT2D eigenvalue weighted by Crippen LogP contribution is -2.45. The van der Waals surface area contributed by atoms with Gasteiger partial charge in [-0.3, -0.25) is 4.79 Å². The molecule has 1 aromatic carbocycles. The van der Waals surface area contributed by atoms with E-state index in [9.17, 15) is 4.79 Å². The minimum absolute atomic E-state index is 0. The first-order chi connectivity index (χ1) is 8.56. The maximum Gasteiger partial charge on any atom is 0.237 e. The van der Waals surface area contributed by atoms with Gasteiger partial charge in [0.05, 0.1) is 6.04 Å².